The standard InChI is InChI=1S/C15H19BrN2O4S/c1-8-6-12(9(2)5-11(8)16)23-7-13(19)22-10(3)14(20)18-15(21)17-4/h5-6,10H,7H2,1-4H3,(H2,17,18,20,21). The van der Waals surface area contributed by atoms with Gasteiger partial charge in [0.05, 0.1) is 5.75 Å². The second-order valence-corrected chi connectivity index (χ2v) is 6.73. The first-order valence-corrected chi connectivity index (χ1v) is 8.64. The summed E-state index contributed by atoms with van der Waals surface area (Å²) in [6.45, 7) is 5.34. The molecule has 126 valence electrons. The fourth-order valence-electron chi connectivity index (χ4n) is 1.61. The average molecular weight is 403 g/mol. The van der Waals surface area contributed by atoms with Crippen LogP contribution >= 0.6 is 27.7 Å². The molecular formula is C15H19BrN2O4S. The molecule has 0 radical (unpaired) electrons. The third-order valence-corrected chi connectivity index (χ3v) is 4.93. The Labute approximate surface area is 147 Å². The van der Waals surface area contributed by atoms with Crippen LogP contribution in [-0.2, 0) is 14.3 Å². The monoisotopic (exact) mass is 402 g/mol. The summed E-state index contributed by atoms with van der Waals surface area (Å²) in [5.41, 5.74) is 2.12. The van der Waals surface area contributed by atoms with Crippen molar-refractivity contribution in [1.82, 2.24) is 10.6 Å². The molecule has 0 saturated carbocycles. The maximum absolute atomic E-state index is 11.8. The lowest BCUT2D eigenvalue weighted by Crippen LogP contribution is -2.43. The van der Waals surface area contributed by atoms with Crippen LogP contribution in [0.1, 0.15) is 18.1 Å². The van der Waals surface area contributed by atoms with E-state index in [-0.39, 0.29) is 5.75 Å². The van der Waals surface area contributed by atoms with Crippen LogP contribution in [0, 0.1) is 13.8 Å². The molecule has 0 heterocycles. The van der Waals surface area contributed by atoms with Gasteiger partial charge in [0.15, 0.2) is 6.10 Å². The number of amides is 3. The van der Waals surface area contributed by atoms with Gasteiger partial charge in [0.1, 0.15) is 0 Å². The van der Waals surface area contributed by atoms with Gasteiger partial charge >= 0.3 is 12.0 Å². The number of esters is 1. The number of carbonyl (C=O) groups is 3. The van der Waals surface area contributed by atoms with Gasteiger partial charge in [-0.25, -0.2) is 4.79 Å². The molecule has 0 saturated heterocycles. The molecule has 0 spiro atoms. The molecule has 0 aliphatic heterocycles. The highest BCUT2D eigenvalue weighted by molar-refractivity contribution is 9.10. The predicted molar refractivity (Wildman–Crippen MR) is 92.5 cm³/mol. The van der Waals surface area contributed by atoms with Crippen LogP contribution < -0.4 is 10.6 Å². The van der Waals surface area contributed by atoms with Crippen LogP contribution in [0.25, 0.3) is 0 Å². The van der Waals surface area contributed by atoms with E-state index in [4.69, 9.17) is 4.74 Å². The number of hydrogen-bond donors (Lipinski definition) is 2. The van der Waals surface area contributed by atoms with Crippen molar-refractivity contribution < 1.29 is 19.1 Å². The Morgan fingerprint density at radius 3 is 2.52 bits per heavy atom. The van der Waals surface area contributed by atoms with Crippen molar-refractivity contribution in [3.63, 3.8) is 0 Å². The van der Waals surface area contributed by atoms with E-state index in [2.05, 4.69) is 26.6 Å². The van der Waals surface area contributed by atoms with Gasteiger partial charge in [-0.1, -0.05) is 15.9 Å². The Bertz CT molecular complexity index is 622. The van der Waals surface area contributed by atoms with Crippen LogP contribution in [-0.4, -0.2) is 36.8 Å². The molecule has 1 aromatic rings. The van der Waals surface area contributed by atoms with Gasteiger partial charge in [0, 0.05) is 16.4 Å². The van der Waals surface area contributed by atoms with E-state index in [1.54, 1.807) is 0 Å². The molecule has 1 aromatic carbocycles. The van der Waals surface area contributed by atoms with Crippen molar-refractivity contribution in [2.75, 3.05) is 12.8 Å². The summed E-state index contributed by atoms with van der Waals surface area (Å²) < 4.78 is 6.03. The quantitative estimate of drug-likeness (QED) is 0.583. The SMILES string of the molecule is CNC(=O)NC(=O)C(C)OC(=O)CSc1cc(C)c(Br)cc1C. The van der Waals surface area contributed by atoms with E-state index < -0.39 is 24.0 Å². The third-order valence-electron chi connectivity index (χ3n) is 2.94. The smallest absolute Gasteiger partial charge is 0.321 e. The van der Waals surface area contributed by atoms with Gasteiger partial charge < -0.3 is 10.1 Å². The molecule has 0 aliphatic carbocycles. The lowest BCUT2D eigenvalue weighted by molar-refractivity contribution is -0.151. The Morgan fingerprint density at radius 2 is 1.91 bits per heavy atom. The first-order valence-electron chi connectivity index (χ1n) is 6.86. The Morgan fingerprint density at radius 1 is 1.26 bits per heavy atom. The number of ether oxygens (including phenoxy) is 1. The van der Waals surface area contributed by atoms with E-state index in [1.165, 1.54) is 25.7 Å². The number of carbonyl (C=O) groups excluding carboxylic acids is 3. The van der Waals surface area contributed by atoms with E-state index in [9.17, 15) is 14.4 Å². The molecule has 8 heteroatoms. The molecule has 1 unspecified atom stereocenters. The molecule has 1 atom stereocenters. The van der Waals surface area contributed by atoms with Crippen LogP contribution in [0.4, 0.5) is 4.79 Å². The molecule has 23 heavy (non-hydrogen) atoms. The Balaban J connectivity index is 2.53. The maximum atomic E-state index is 11.8. The van der Waals surface area contributed by atoms with Crippen molar-refractivity contribution in [1.29, 1.82) is 0 Å². The van der Waals surface area contributed by atoms with E-state index in [0.29, 0.717) is 0 Å². The van der Waals surface area contributed by atoms with Crippen LogP contribution in [0.5, 0.6) is 0 Å². The van der Waals surface area contributed by atoms with Crippen molar-refractivity contribution >= 4 is 45.6 Å². The minimum Gasteiger partial charge on any atom is -0.452 e. The predicted octanol–water partition coefficient (Wildman–Crippen LogP) is 2.55. The van der Waals surface area contributed by atoms with Gasteiger partial charge in [-0.3, -0.25) is 14.9 Å². The minimum absolute atomic E-state index is 0.0828. The summed E-state index contributed by atoms with van der Waals surface area (Å²) in [5.74, 6) is -1.10. The van der Waals surface area contributed by atoms with Gasteiger partial charge in [-0.2, -0.15) is 0 Å². The van der Waals surface area contributed by atoms with Crippen molar-refractivity contribution in [3.05, 3.63) is 27.7 Å². The minimum atomic E-state index is -1.03. The normalized spacial score (nSPS) is 11.5. The molecule has 1 rings (SSSR count). The fourth-order valence-corrected chi connectivity index (χ4v) is 2.95. The first-order chi connectivity index (χ1) is 10.7. The zero-order chi connectivity index (χ0) is 17.6. The lowest BCUT2D eigenvalue weighted by atomic mass is 10.2. The molecule has 0 aliphatic rings. The van der Waals surface area contributed by atoms with Crippen molar-refractivity contribution in [2.45, 2.75) is 31.8 Å². The van der Waals surface area contributed by atoms with E-state index in [1.807, 2.05) is 26.0 Å². The van der Waals surface area contributed by atoms with E-state index in [0.717, 1.165) is 20.5 Å². The number of imide groups is 1. The summed E-state index contributed by atoms with van der Waals surface area (Å²) >= 11 is 4.80. The summed E-state index contributed by atoms with van der Waals surface area (Å²) in [6.07, 6.45) is -1.03. The fraction of sp³-hybridized carbons (Fsp3) is 0.400. The van der Waals surface area contributed by atoms with Gasteiger partial charge in [0.2, 0.25) is 0 Å². The highest BCUT2D eigenvalue weighted by atomic mass is 79.9. The van der Waals surface area contributed by atoms with Crippen LogP contribution in [0.15, 0.2) is 21.5 Å². The highest BCUT2D eigenvalue weighted by Crippen LogP contribution is 2.28. The van der Waals surface area contributed by atoms with Crippen LogP contribution in [0.2, 0.25) is 0 Å². The number of nitrogens with one attached hydrogen (secondary N) is 2. The molecule has 0 bridgehead atoms. The van der Waals surface area contributed by atoms with Crippen molar-refractivity contribution in [3.8, 4) is 0 Å². The van der Waals surface area contributed by atoms with E-state index >= 15 is 0 Å². The van der Waals surface area contributed by atoms with Gasteiger partial charge in [0.25, 0.3) is 5.91 Å². The summed E-state index contributed by atoms with van der Waals surface area (Å²) in [7, 11) is 1.39. The number of halogens is 1. The summed E-state index contributed by atoms with van der Waals surface area (Å²) in [5, 5.41) is 4.30. The lowest BCUT2D eigenvalue weighted by Gasteiger charge is -2.13. The molecule has 0 fully saturated rings. The summed E-state index contributed by atoms with van der Waals surface area (Å²) in [4.78, 5) is 35.4. The summed E-state index contributed by atoms with van der Waals surface area (Å²) in [6, 6.07) is 3.33. The number of hydrogen-bond acceptors (Lipinski definition) is 5. The maximum Gasteiger partial charge on any atom is 0.321 e. The Kier molecular flexibility index (Phi) is 7.57. The molecule has 6 nitrogen and oxygen atoms in total. The number of thioether (sulfide) groups is 1. The largest absolute Gasteiger partial charge is 0.452 e. The zero-order valence-corrected chi connectivity index (χ0v) is 15.8. The molecule has 2 N–H and O–H groups in total. The number of aryl methyl sites for hydroxylation is 2. The highest BCUT2D eigenvalue weighted by Gasteiger charge is 2.19. The second kappa shape index (κ2) is 8.93. The van der Waals surface area contributed by atoms with Crippen LogP contribution in [0.3, 0.4) is 0 Å². The number of urea groups is 1. The topological polar surface area (TPSA) is 84.5 Å². The third kappa shape index (κ3) is 6.23. The molecular weight excluding hydrogens is 384 g/mol. The number of rotatable bonds is 5. The average Bonchev–Trinajstić information content (AvgIpc) is 2.49. The van der Waals surface area contributed by atoms with Crippen molar-refractivity contribution in [2.24, 2.45) is 0 Å². The molecule has 0 aromatic heterocycles. The van der Waals surface area contributed by atoms with Gasteiger partial charge in [-0.15, -0.1) is 11.8 Å². The van der Waals surface area contributed by atoms with Gasteiger partial charge in [-0.05, 0) is 44.0 Å². The molecule has 3 amide bonds. The zero-order valence-electron chi connectivity index (χ0n) is 13.4. The number of benzene rings is 1. The Hall–Kier alpha value is -1.54. The second-order valence-electron chi connectivity index (χ2n) is 4.86. The first kappa shape index (κ1) is 19.5.